The van der Waals surface area contributed by atoms with Crippen molar-refractivity contribution in [3.05, 3.63) is 72.2 Å². The molecule has 0 aliphatic carbocycles. The van der Waals surface area contributed by atoms with Gasteiger partial charge in [0, 0.05) is 24.2 Å². The van der Waals surface area contributed by atoms with Gasteiger partial charge in [0.25, 0.3) is 5.91 Å². The lowest BCUT2D eigenvalue weighted by Gasteiger charge is -2.07. The van der Waals surface area contributed by atoms with Crippen LogP contribution in [0.5, 0.6) is 5.75 Å². The van der Waals surface area contributed by atoms with E-state index in [-0.39, 0.29) is 17.5 Å². The summed E-state index contributed by atoms with van der Waals surface area (Å²) in [4.78, 5) is 16.0. The molecule has 3 rings (SSSR count). The van der Waals surface area contributed by atoms with Gasteiger partial charge in [0.15, 0.2) is 11.6 Å². The highest BCUT2D eigenvalue weighted by Crippen LogP contribution is 2.19. The van der Waals surface area contributed by atoms with E-state index >= 15 is 0 Å². The molecular formula is C16H14N4O2. The van der Waals surface area contributed by atoms with E-state index < -0.39 is 0 Å². The molecule has 0 spiro atoms. The first-order valence-corrected chi connectivity index (χ1v) is 6.74. The van der Waals surface area contributed by atoms with Crippen molar-refractivity contribution >= 4 is 11.7 Å². The summed E-state index contributed by atoms with van der Waals surface area (Å²) < 4.78 is 1.81. The second kappa shape index (κ2) is 6.09. The molecule has 0 aliphatic heterocycles. The lowest BCUT2D eigenvalue weighted by atomic mass is 10.1. The molecule has 22 heavy (non-hydrogen) atoms. The fraction of sp³-hybridized carbons (Fsp3) is 0.0625. The Morgan fingerprint density at radius 3 is 2.64 bits per heavy atom. The Labute approximate surface area is 127 Å². The fourth-order valence-electron chi connectivity index (χ4n) is 2.02. The number of pyridine rings is 1. The van der Waals surface area contributed by atoms with Crippen molar-refractivity contribution < 1.29 is 9.90 Å². The summed E-state index contributed by atoms with van der Waals surface area (Å²) in [6.45, 7) is 0.649. The lowest BCUT2D eigenvalue weighted by Crippen LogP contribution is -2.13. The average molecular weight is 294 g/mol. The van der Waals surface area contributed by atoms with Gasteiger partial charge in [-0.25, -0.2) is 4.98 Å². The van der Waals surface area contributed by atoms with Crippen LogP contribution in [0.4, 0.5) is 5.82 Å². The second-order valence-electron chi connectivity index (χ2n) is 4.73. The summed E-state index contributed by atoms with van der Waals surface area (Å²) in [7, 11) is 0. The van der Waals surface area contributed by atoms with E-state index in [1.165, 1.54) is 12.3 Å². The zero-order chi connectivity index (χ0) is 15.4. The smallest absolute Gasteiger partial charge is 0.256 e. The zero-order valence-electron chi connectivity index (χ0n) is 11.7. The minimum absolute atomic E-state index is 0.0637. The van der Waals surface area contributed by atoms with Crippen LogP contribution in [0, 0.1) is 0 Å². The highest BCUT2D eigenvalue weighted by atomic mass is 16.3. The van der Waals surface area contributed by atoms with Crippen LogP contribution in [0.3, 0.4) is 0 Å². The molecule has 0 saturated carbocycles. The van der Waals surface area contributed by atoms with Crippen molar-refractivity contribution in [3.63, 3.8) is 0 Å². The van der Waals surface area contributed by atoms with E-state index in [9.17, 15) is 9.90 Å². The number of hydrogen-bond donors (Lipinski definition) is 2. The summed E-state index contributed by atoms with van der Waals surface area (Å²) in [6.07, 6.45) is 5.11. The summed E-state index contributed by atoms with van der Waals surface area (Å²) in [6, 6.07) is 12.1. The Morgan fingerprint density at radius 1 is 1.14 bits per heavy atom. The number of carbonyl (C=O) groups excluding carboxylic acids is 1. The molecule has 0 saturated heterocycles. The number of benzene rings is 1. The van der Waals surface area contributed by atoms with Crippen LogP contribution < -0.4 is 5.32 Å². The third kappa shape index (κ3) is 3.12. The zero-order valence-corrected chi connectivity index (χ0v) is 11.7. The molecule has 1 aromatic carbocycles. The van der Waals surface area contributed by atoms with Crippen LogP contribution in [-0.4, -0.2) is 25.8 Å². The molecule has 6 heteroatoms. The maximum atomic E-state index is 12.1. The number of nitrogens with zero attached hydrogens (tertiary/aromatic N) is 3. The Hall–Kier alpha value is -3.15. The highest BCUT2D eigenvalue weighted by molar-refractivity contribution is 6.04. The number of rotatable bonds is 4. The minimum atomic E-state index is -0.320. The van der Waals surface area contributed by atoms with Crippen LogP contribution in [0.2, 0.25) is 0 Å². The first-order valence-electron chi connectivity index (χ1n) is 6.74. The van der Waals surface area contributed by atoms with Gasteiger partial charge in [0.05, 0.1) is 6.54 Å². The molecule has 0 fully saturated rings. The molecule has 6 nitrogen and oxygen atoms in total. The monoisotopic (exact) mass is 294 g/mol. The van der Waals surface area contributed by atoms with Gasteiger partial charge in [0.1, 0.15) is 0 Å². The van der Waals surface area contributed by atoms with Crippen LogP contribution in [0.25, 0.3) is 0 Å². The van der Waals surface area contributed by atoms with Crippen LogP contribution in [0.1, 0.15) is 15.9 Å². The van der Waals surface area contributed by atoms with Gasteiger partial charge in [-0.1, -0.05) is 12.1 Å². The molecule has 0 radical (unpaired) electrons. The standard InChI is InChI=1S/C16H14N4O2/c21-14-3-1-8-17-15(14)19-16(22)13-6-4-12(5-7-13)11-20-10-2-9-18-20/h1-10,21H,11H2,(H,17,19,22). The van der Waals surface area contributed by atoms with Crippen molar-refractivity contribution in [2.24, 2.45) is 0 Å². The molecule has 0 atom stereocenters. The van der Waals surface area contributed by atoms with Gasteiger partial charge in [0.2, 0.25) is 0 Å². The van der Waals surface area contributed by atoms with Crippen molar-refractivity contribution in [1.82, 2.24) is 14.8 Å². The maximum Gasteiger partial charge on any atom is 0.256 e. The predicted molar refractivity (Wildman–Crippen MR) is 81.6 cm³/mol. The van der Waals surface area contributed by atoms with E-state index in [1.54, 1.807) is 29.1 Å². The van der Waals surface area contributed by atoms with Crippen molar-refractivity contribution in [2.45, 2.75) is 6.54 Å². The van der Waals surface area contributed by atoms with E-state index in [0.717, 1.165) is 5.56 Å². The first kappa shape index (κ1) is 13.8. The van der Waals surface area contributed by atoms with Crippen LogP contribution >= 0.6 is 0 Å². The summed E-state index contributed by atoms with van der Waals surface area (Å²) in [5.74, 6) is -0.237. The quantitative estimate of drug-likeness (QED) is 0.773. The van der Waals surface area contributed by atoms with Crippen LogP contribution in [0.15, 0.2) is 61.1 Å². The van der Waals surface area contributed by atoms with Gasteiger partial charge in [-0.15, -0.1) is 0 Å². The molecule has 0 bridgehead atoms. The van der Waals surface area contributed by atoms with Gasteiger partial charge in [-0.3, -0.25) is 9.48 Å². The highest BCUT2D eigenvalue weighted by Gasteiger charge is 2.09. The molecule has 2 aromatic heterocycles. The summed E-state index contributed by atoms with van der Waals surface area (Å²) >= 11 is 0. The Bertz CT molecular complexity index is 767. The molecule has 2 heterocycles. The van der Waals surface area contributed by atoms with Gasteiger partial charge < -0.3 is 10.4 Å². The average Bonchev–Trinajstić information content (AvgIpc) is 3.03. The van der Waals surface area contributed by atoms with Crippen LogP contribution in [-0.2, 0) is 6.54 Å². The van der Waals surface area contributed by atoms with E-state index in [0.29, 0.717) is 12.1 Å². The lowest BCUT2D eigenvalue weighted by molar-refractivity contribution is 0.102. The molecular weight excluding hydrogens is 280 g/mol. The molecule has 2 N–H and O–H groups in total. The molecule has 3 aromatic rings. The molecule has 0 unspecified atom stereocenters. The van der Waals surface area contributed by atoms with Gasteiger partial charge >= 0.3 is 0 Å². The van der Waals surface area contributed by atoms with Crippen molar-refractivity contribution in [1.29, 1.82) is 0 Å². The number of nitrogens with one attached hydrogen (secondary N) is 1. The SMILES string of the molecule is O=C(Nc1ncccc1O)c1ccc(Cn2cccn2)cc1. The van der Waals surface area contributed by atoms with Gasteiger partial charge in [-0.2, -0.15) is 5.10 Å². The Balaban J connectivity index is 1.70. The normalized spacial score (nSPS) is 10.4. The molecule has 0 aliphatic rings. The van der Waals surface area contributed by atoms with Crippen molar-refractivity contribution in [2.75, 3.05) is 5.32 Å². The summed E-state index contributed by atoms with van der Waals surface area (Å²) in [5, 5.41) is 16.3. The number of hydrogen-bond acceptors (Lipinski definition) is 4. The van der Waals surface area contributed by atoms with E-state index in [2.05, 4.69) is 15.4 Å². The fourth-order valence-corrected chi connectivity index (χ4v) is 2.02. The topological polar surface area (TPSA) is 80.0 Å². The Kier molecular flexibility index (Phi) is 3.82. The number of amides is 1. The van der Waals surface area contributed by atoms with E-state index in [4.69, 9.17) is 0 Å². The third-order valence-electron chi connectivity index (χ3n) is 3.14. The molecule has 1 amide bonds. The van der Waals surface area contributed by atoms with Crippen molar-refractivity contribution in [3.8, 4) is 5.75 Å². The number of carbonyl (C=O) groups is 1. The first-order chi connectivity index (χ1) is 10.7. The third-order valence-corrected chi connectivity index (χ3v) is 3.14. The van der Waals surface area contributed by atoms with Gasteiger partial charge in [-0.05, 0) is 35.9 Å². The van der Waals surface area contributed by atoms with E-state index in [1.807, 2.05) is 24.4 Å². The number of aromatic nitrogens is 3. The summed E-state index contributed by atoms with van der Waals surface area (Å²) in [5.41, 5.74) is 1.54. The second-order valence-corrected chi connectivity index (χ2v) is 4.73. The largest absolute Gasteiger partial charge is 0.504 e. The number of aromatic hydroxyl groups is 1. The molecule has 110 valence electrons. The maximum absolute atomic E-state index is 12.1. The Morgan fingerprint density at radius 2 is 1.95 bits per heavy atom. The number of anilines is 1. The minimum Gasteiger partial charge on any atom is -0.504 e. The predicted octanol–water partition coefficient (Wildman–Crippen LogP) is 2.28.